The van der Waals surface area contributed by atoms with Crippen LogP contribution in [0.4, 0.5) is 4.39 Å². The zero-order chi connectivity index (χ0) is 25.1. The molecule has 0 aliphatic heterocycles. The molecule has 0 fully saturated rings. The summed E-state index contributed by atoms with van der Waals surface area (Å²) in [5, 5.41) is 7.24. The topological polar surface area (TPSA) is 85.2 Å². The molecular weight excluding hydrogens is 494 g/mol. The predicted molar refractivity (Wildman–Crippen MR) is 133 cm³/mol. The molecule has 0 aliphatic carbocycles. The molecule has 0 aliphatic rings. The van der Waals surface area contributed by atoms with E-state index in [4.69, 9.17) is 28.0 Å². The Kier molecular flexibility index (Phi) is 7.49. The Bertz CT molecular complexity index is 1380. The van der Waals surface area contributed by atoms with Crippen LogP contribution in [0.15, 0.2) is 48.8 Å². The van der Waals surface area contributed by atoms with Crippen molar-refractivity contribution in [1.82, 2.24) is 30.1 Å². The number of halogens is 3. The number of nitrogens with one attached hydrogen (secondary N) is 1. The molecule has 35 heavy (non-hydrogen) atoms. The van der Waals surface area contributed by atoms with E-state index in [9.17, 15) is 9.18 Å². The highest BCUT2D eigenvalue weighted by Gasteiger charge is 2.21. The fourth-order valence-electron chi connectivity index (χ4n) is 3.43. The zero-order valence-electron chi connectivity index (χ0n) is 19.3. The van der Waals surface area contributed by atoms with Crippen molar-refractivity contribution in [2.24, 2.45) is 0 Å². The fourth-order valence-corrected chi connectivity index (χ4v) is 4.11. The van der Waals surface area contributed by atoms with Crippen molar-refractivity contribution >= 4 is 40.3 Å². The molecule has 4 rings (SSSR count). The van der Waals surface area contributed by atoms with Gasteiger partial charge in [-0.2, -0.15) is 0 Å². The minimum absolute atomic E-state index is 0.117. The lowest BCUT2D eigenvalue weighted by atomic mass is 10.1. The molecule has 0 spiro atoms. The molecule has 2 aromatic heterocycles. The maximum atomic E-state index is 14.0. The van der Waals surface area contributed by atoms with Crippen molar-refractivity contribution in [3.05, 3.63) is 75.8 Å². The Morgan fingerprint density at radius 3 is 2.80 bits per heavy atom. The number of fused-ring (bicyclic) bond motifs is 1. The first-order valence-electron chi connectivity index (χ1n) is 10.8. The molecule has 1 N–H and O–H groups in total. The van der Waals surface area contributed by atoms with E-state index in [1.54, 1.807) is 31.3 Å². The third-order valence-electron chi connectivity index (χ3n) is 5.26. The second-order valence-corrected chi connectivity index (χ2v) is 8.91. The van der Waals surface area contributed by atoms with E-state index < -0.39 is 11.9 Å². The van der Waals surface area contributed by atoms with Gasteiger partial charge in [-0.05, 0) is 45.3 Å². The average molecular weight is 517 g/mol. The van der Waals surface area contributed by atoms with Gasteiger partial charge >= 0.3 is 0 Å². The van der Waals surface area contributed by atoms with Crippen LogP contribution in [-0.4, -0.2) is 57.9 Å². The number of hydrogen-bond donors (Lipinski definition) is 1. The molecule has 0 saturated carbocycles. The first kappa shape index (κ1) is 24.8. The van der Waals surface area contributed by atoms with Gasteiger partial charge in [-0.25, -0.2) is 14.4 Å². The predicted octanol–water partition coefficient (Wildman–Crippen LogP) is 4.42. The van der Waals surface area contributed by atoms with Crippen LogP contribution >= 0.6 is 23.2 Å². The molecule has 2 heterocycles. The monoisotopic (exact) mass is 516 g/mol. The molecule has 0 radical (unpaired) electrons. The Morgan fingerprint density at radius 1 is 1.23 bits per heavy atom. The maximum Gasteiger partial charge on any atom is 0.251 e. The van der Waals surface area contributed by atoms with Crippen LogP contribution in [0, 0.1) is 5.82 Å². The van der Waals surface area contributed by atoms with Gasteiger partial charge in [-0.3, -0.25) is 4.79 Å². The van der Waals surface area contributed by atoms with Crippen molar-refractivity contribution in [2.45, 2.75) is 13.0 Å². The smallest absolute Gasteiger partial charge is 0.251 e. The van der Waals surface area contributed by atoms with E-state index in [2.05, 4.69) is 20.4 Å². The van der Waals surface area contributed by atoms with E-state index in [0.29, 0.717) is 40.1 Å². The molecule has 4 aromatic rings. The number of carbonyl (C=O) groups excluding carboxylic acids is 1. The van der Waals surface area contributed by atoms with Crippen molar-refractivity contribution in [3.8, 4) is 11.3 Å². The summed E-state index contributed by atoms with van der Waals surface area (Å²) in [4.78, 5) is 30.6. The van der Waals surface area contributed by atoms with E-state index in [-0.39, 0.29) is 16.0 Å². The number of aromatic nitrogens is 4. The molecule has 1 amide bonds. The van der Waals surface area contributed by atoms with Gasteiger partial charge < -0.3 is 15.1 Å². The van der Waals surface area contributed by atoms with Gasteiger partial charge in [0.25, 0.3) is 5.91 Å². The van der Waals surface area contributed by atoms with Gasteiger partial charge in [0.15, 0.2) is 6.10 Å². The maximum absolute atomic E-state index is 14.0. The van der Waals surface area contributed by atoms with Crippen molar-refractivity contribution in [1.29, 1.82) is 0 Å². The van der Waals surface area contributed by atoms with Gasteiger partial charge in [-0.15, -0.1) is 5.10 Å². The summed E-state index contributed by atoms with van der Waals surface area (Å²) < 4.78 is 14.0. The van der Waals surface area contributed by atoms with Gasteiger partial charge in [0.1, 0.15) is 11.3 Å². The van der Waals surface area contributed by atoms with Gasteiger partial charge in [0.2, 0.25) is 5.65 Å². The number of nitrogens with zero attached hydrogens (tertiary/aromatic N) is 5. The Balaban J connectivity index is 1.60. The van der Waals surface area contributed by atoms with E-state index in [1.165, 1.54) is 23.2 Å². The molecular formula is C24H23Cl2FN6O2. The Morgan fingerprint density at radius 2 is 2.03 bits per heavy atom. The van der Waals surface area contributed by atoms with E-state index >= 15 is 0 Å². The van der Waals surface area contributed by atoms with Crippen LogP contribution in [0.3, 0.4) is 0 Å². The lowest BCUT2D eigenvalue weighted by Crippen LogP contribution is -2.31. The zero-order valence-corrected chi connectivity index (χ0v) is 20.8. The molecule has 8 nitrogen and oxygen atoms in total. The average Bonchev–Trinajstić information content (AvgIpc) is 3.23. The number of amides is 1. The molecule has 0 saturated heterocycles. The van der Waals surface area contributed by atoms with Gasteiger partial charge in [-0.1, -0.05) is 40.2 Å². The van der Waals surface area contributed by atoms with Crippen LogP contribution in [0.1, 0.15) is 28.9 Å². The standard InChI is InChI=1S/C24H23Cl2FN6O2/c1-14(21-17(25)7-8-18(27)22(21)26)35-33-23-20(13-30-33)29-12-19(31-23)15-5-4-6-16(11-15)24(34)28-9-10-32(2)3/h4-8,11-14H,9-10H2,1-3H3,(H,28,34). The third-order valence-corrected chi connectivity index (χ3v) is 5.97. The second-order valence-electron chi connectivity index (χ2n) is 8.13. The number of rotatable bonds is 8. The van der Waals surface area contributed by atoms with Crippen molar-refractivity contribution in [3.63, 3.8) is 0 Å². The molecule has 2 aromatic carbocycles. The summed E-state index contributed by atoms with van der Waals surface area (Å²) in [6.45, 7) is 2.95. The minimum atomic E-state index is -0.728. The van der Waals surface area contributed by atoms with E-state index in [1.807, 2.05) is 25.1 Å². The second kappa shape index (κ2) is 10.6. The summed E-state index contributed by atoms with van der Waals surface area (Å²) in [6.07, 6.45) is 2.37. The lowest BCUT2D eigenvalue weighted by molar-refractivity contribution is 0.0317. The minimum Gasteiger partial charge on any atom is -0.387 e. The van der Waals surface area contributed by atoms with E-state index in [0.717, 1.165) is 6.54 Å². The fraction of sp³-hybridized carbons (Fsp3) is 0.250. The number of hydrogen-bond acceptors (Lipinski definition) is 6. The third kappa shape index (κ3) is 5.53. The van der Waals surface area contributed by atoms with Gasteiger partial charge in [0.05, 0.1) is 23.1 Å². The highest BCUT2D eigenvalue weighted by molar-refractivity contribution is 6.36. The van der Waals surface area contributed by atoms with Crippen LogP contribution in [0.25, 0.3) is 22.4 Å². The van der Waals surface area contributed by atoms with Crippen LogP contribution in [0.2, 0.25) is 10.0 Å². The summed E-state index contributed by atoms with van der Waals surface area (Å²) >= 11 is 12.3. The Labute approximate surface area is 211 Å². The summed E-state index contributed by atoms with van der Waals surface area (Å²) in [5.41, 5.74) is 2.89. The first-order chi connectivity index (χ1) is 16.7. The molecule has 1 unspecified atom stereocenters. The molecule has 11 heteroatoms. The molecule has 1 atom stereocenters. The van der Waals surface area contributed by atoms with Crippen LogP contribution in [-0.2, 0) is 0 Å². The Hall–Kier alpha value is -3.27. The first-order valence-corrected chi connectivity index (χ1v) is 11.5. The van der Waals surface area contributed by atoms with Crippen LogP contribution in [0.5, 0.6) is 0 Å². The largest absolute Gasteiger partial charge is 0.387 e. The van der Waals surface area contributed by atoms with Gasteiger partial charge in [0, 0.05) is 34.8 Å². The SMILES string of the molecule is CC(On1ncc2ncc(-c3cccc(C(=O)NCCN(C)C)c3)nc21)c1c(Cl)ccc(F)c1Cl. The molecule has 182 valence electrons. The summed E-state index contributed by atoms with van der Waals surface area (Å²) in [6, 6.07) is 9.72. The van der Waals surface area contributed by atoms with Crippen LogP contribution < -0.4 is 10.2 Å². The highest BCUT2D eigenvalue weighted by atomic mass is 35.5. The summed E-state index contributed by atoms with van der Waals surface area (Å²) in [7, 11) is 3.89. The number of likely N-dealkylation sites (N-methyl/N-ethyl adjacent to an activating group) is 1. The van der Waals surface area contributed by atoms with Crippen molar-refractivity contribution in [2.75, 3.05) is 27.2 Å². The summed E-state index contributed by atoms with van der Waals surface area (Å²) in [5.74, 6) is -0.770. The van der Waals surface area contributed by atoms with Crippen molar-refractivity contribution < 1.29 is 14.0 Å². The normalized spacial score (nSPS) is 12.2. The highest BCUT2D eigenvalue weighted by Crippen LogP contribution is 2.33. The molecule has 0 bridgehead atoms. The quantitative estimate of drug-likeness (QED) is 0.349. The number of benzene rings is 2. The lowest BCUT2D eigenvalue weighted by Gasteiger charge is -2.17. The number of carbonyl (C=O) groups is 1.